The number of carbonyl (C=O) groups excluding carboxylic acids is 1. The molecule has 0 amide bonds. The molecule has 0 fully saturated rings. The first-order valence-corrected chi connectivity index (χ1v) is 6.44. The van der Waals surface area contributed by atoms with Crippen molar-refractivity contribution in [3.05, 3.63) is 59.7 Å². The monoisotopic (exact) mass is 270 g/mol. The van der Waals surface area contributed by atoms with Crippen molar-refractivity contribution in [3.63, 3.8) is 0 Å². The Hall–Kier alpha value is -2.29. The summed E-state index contributed by atoms with van der Waals surface area (Å²) >= 11 is 0. The van der Waals surface area contributed by atoms with Gasteiger partial charge >= 0.3 is 0 Å². The van der Waals surface area contributed by atoms with Crippen molar-refractivity contribution in [3.8, 4) is 11.5 Å². The molecular formula is C17H18O3. The average molecular weight is 270 g/mol. The summed E-state index contributed by atoms with van der Waals surface area (Å²) in [6, 6.07) is 15.1. The number of hydrogen-bond donors (Lipinski definition) is 0. The highest BCUT2D eigenvalue weighted by molar-refractivity contribution is 5.76. The topological polar surface area (TPSA) is 35.5 Å². The molecule has 0 spiro atoms. The Bertz CT molecular complexity index is 588. The van der Waals surface area contributed by atoms with Gasteiger partial charge in [0, 0.05) is 5.56 Å². The number of hydrogen-bond acceptors (Lipinski definition) is 3. The van der Waals surface area contributed by atoms with Crippen molar-refractivity contribution in [2.75, 3.05) is 7.11 Å². The van der Waals surface area contributed by atoms with Gasteiger partial charge in [0.15, 0.2) is 11.5 Å². The Morgan fingerprint density at radius 2 is 1.70 bits per heavy atom. The third-order valence-corrected chi connectivity index (χ3v) is 3.16. The van der Waals surface area contributed by atoms with Gasteiger partial charge in [-0.15, -0.1) is 0 Å². The fourth-order valence-electron chi connectivity index (χ4n) is 2.02. The lowest BCUT2D eigenvalue weighted by Crippen LogP contribution is -2.25. The van der Waals surface area contributed by atoms with E-state index < -0.39 is 5.60 Å². The Morgan fingerprint density at radius 1 is 1.00 bits per heavy atom. The van der Waals surface area contributed by atoms with Gasteiger partial charge in [-0.1, -0.05) is 30.3 Å². The molecule has 3 nitrogen and oxygen atoms in total. The molecule has 0 N–H and O–H groups in total. The SMILES string of the molecule is COc1ccc(C=O)cc1OC(C)(C)c1ccccc1. The summed E-state index contributed by atoms with van der Waals surface area (Å²) in [4.78, 5) is 10.9. The minimum atomic E-state index is -0.518. The molecule has 20 heavy (non-hydrogen) atoms. The van der Waals surface area contributed by atoms with Crippen molar-refractivity contribution in [2.24, 2.45) is 0 Å². The van der Waals surface area contributed by atoms with E-state index in [4.69, 9.17) is 9.47 Å². The number of rotatable bonds is 5. The summed E-state index contributed by atoms with van der Waals surface area (Å²) in [6.45, 7) is 3.96. The van der Waals surface area contributed by atoms with Crippen molar-refractivity contribution < 1.29 is 14.3 Å². The van der Waals surface area contributed by atoms with Crippen LogP contribution in [0.25, 0.3) is 0 Å². The van der Waals surface area contributed by atoms with Crippen LogP contribution in [0, 0.1) is 0 Å². The predicted octanol–water partition coefficient (Wildman–Crippen LogP) is 3.82. The van der Waals surface area contributed by atoms with E-state index in [1.165, 1.54) is 0 Å². The largest absolute Gasteiger partial charge is 0.493 e. The molecule has 2 aromatic rings. The molecule has 0 aliphatic carbocycles. The molecule has 3 heteroatoms. The summed E-state index contributed by atoms with van der Waals surface area (Å²) in [5.41, 5.74) is 1.10. The molecule has 0 aliphatic heterocycles. The smallest absolute Gasteiger partial charge is 0.163 e. The summed E-state index contributed by atoms with van der Waals surface area (Å²) in [6.07, 6.45) is 0.793. The number of aldehydes is 1. The van der Waals surface area contributed by atoms with Crippen LogP contribution in [-0.4, -0.2) is 13.4 Å². The molecule has 0 saturated carbocycles. The number of benzene rings is 2. The molecule has 0 atom stereocenters. The first-order valence-electron chi connectivity index (χ1n) is 6.44. The zero-order valence-corrected chi connectivity index (χ0v) is 11.9. The minimum Gasteiger partial charge on any atom is -0.493 e. The molecule has 0 aliphatic rings. The van der Waals surface area contributed by atoms with Crippen LogP contribution >= 0.6 is 0 Å². The molecule has 104 valence electrons. The maximum absolute atomic E-state index is 10.9. The van der Waals surface area contributed by atoms with Crippen LogP contribution < -0.4 is 9.47 Å². The van der Waals surface area contributed by atoms with E-state index in [1.807, 2.05) is 44.2 Å². The Balaban J connectivity index is 2.35. The zero-order chi connectivity index (χ0) is 14.6. The highest BCUT2D eigenvalue weighted by Gasteiger charge is 2.24. The van der Waals surface area contributed by atoms with Crippen molar-refractivity contribution in [1.82, 2.24) is 0 Å². The fourth-order valence-corrected chi connectivity index (χ4v) is 2.02. The lowest BCUT2D eigenvalue weighted by atomic mass is 9.98. The van der Waals surface area contributed by atoms with E-state index in [0.29, 0.717) is 17.1 Å². The Morgan fingerprint density at radius 3 is 2.30 bits per heavy atom. The first kappa shape index (κ1) is 14.1. The van der Waals surface area contributed by atoms with Crippen LogP contribution in [0.2, 0.25) is 0 Å². The maximum Gasteiger partial charge on any atom is 0.163 e. The summed E-state index contributed by atoms with van der Waals surface area (Å²) < 4.78 is 11.4. The summed E-state index contributed by atoms with van der Waals surface area (Å²) in [7, 11) is 1.58. The van der Waals surface area contributed by atoms with Gasteiger partial charge in [-0.05, 0) is 37.6 Å². The number of carbonyl (C=O) groups is 1. The molecule has 0 heterocycles. The fraction of sp³-hybridized carbons (Fsp3) is 0.235. The van der Waals surface area contributed by atoms with Crippen LogP contribution in [0.3, 0.4) is 0 Å². The van der Waals surface area contributed by atoms with Gasteiger partial charge in [-0.25, -0.2) is 0 Å². The van der Waals surface area contributed by atoms with E-state index in [-0.39, 0.29) is 0 Å². The van der Waals surface area contributed by atoms with E-state index in [9.17, 15) is 4.79 Å². The molecular weight excluding hydrogens is 252 g/mol. The van der Waals surface area contributed by atoms with Crippen LogP contribution in [0.1, 0.15) is 29.8 Å². The van der Waals surface area contributed by atoms with Crippen LogP contribution in [0.15, 0.2) is 48.5 Å². The highest BCUT2D eigenvalue weighted by Crippen LogP contribution is 2.34. The van der Waals surface area contributed by atoms with Gasteiger partial charge in [-0.2, -0.15) is 0 Å². The van der Waals surface area contributed by atoms with Crippen molar-refractivity contribution in [1.29, 1.82) is 0 Å². The van der Waals surface area contributed by atoms with Crippen LogP contribution in [0.4, 0.5) is 0 Å². The predicted molar refractivity (Wildman–Crippen MR) is 78.5 cm³/mol. The second kappa shape index (κ2) is 5.78. The normalized spacial score (nSPS) is 10.9. The van der Waals surface area contributed by atoms with Crippen molar-refractivity contribution in [2.45, 2.75) is 19.4 Å². The standard InChI is InChI=1S/C17H18O3/c1-17(2,14-7-5-4-6-8-14)20-16-11-13(12-18)9-10-15(16)19-3/h4-12H,1-3H3. The molecule has 0 unspecified atom stereocenters. The number of ether oxygens (including phenoxy) is 2. The van der Waals surface area contributed by atoms with Crippen molar-refractivity contribution >= 4 is 6.29 Å². The lowest BCUT2D eigenvalue weighted by Gasteiger charge is -2.28. The third kappa shape index (κ3) is 2.99. The maximum atomic E-state index is 10.9. The first-order chi connectivity index (χ1) is 9.56. The van der Waals surface area contributed by atoms with E-state index in [1.54, 1.807) is 25.3 Å². The molecule has 0 bridgehead atoms. The van der Waals surface area contributed by atoms with Gasteiger partial charge in [-0.3, -0.25) is 4.79 Å². The highest BCUT2D eigenvalue weighted by atomic mass is 16.5. The van der Waals surface area contributed by atoms with Gasteiger partial charge in [0.1, 0.15) is 11.9 Å². The van der Waals surface area contributed by atoms with Gasteiger partial charge in [0.25, 0.3) is 0 Å². The third-order valence-electron chi connectivity index (χ3n) is 3.16. The molecule has 2 rings (SSSR count). The van der Waals surface area contributed by atoms with E-state index >= 15 is 0 Å². The quantitative estimate of drug-likeness (QED) is 0.775. The average Bonchev–Trinajstić information content (AvgIpc) is 2.47. The van der Waals surface area contributed by atoms with Crippen LogP contribution in [-0.2, 0) is 5.60 Å². The second-order valence-electron chi connectivity index (χ2n) is 5.01. The number of methoxy groups -OCH3 is 1. The van der Waals surface area contributed by atoms with Crippen LogP contribution in [0.5, 0.6) is 11.5 Å². The summed E-state index contributed by atoms with van der Waals surface area (Å²) in [5.74, 6) is 1.17. The molecule has 0 aromatic heterocycles. The van der Waals surface area contributed by atoms with E-state index in [0.717, 1.165) is 11.8 Å². The molecule has 0 saturated heterocycles. The molecule has 0 radical (unpaired) electrons. The lowest BCUT2D eigenvalue weighted by molar-refractivity contribution is 0.103. The minimum absolute atomic E-state index is 0.518. The van der Waals surface area contributed by atoms with Gasteiger partial charge < -0.3 is 9.47 Å². The molecule has 2 aromatic carbocycles. The van der Waals surface area contributed by atoms with Gasteiger partial charge in [0.05, 0.1) is 7.11 Å². The zero-order valence-electron chi connectivity index (χ0n) is 11.9. The van der Waals surface area contributed by atoms with Gasteiger partial charge in [0.2, 0.25) is 0 Å². The summed E-state index contributed by atoms with van der Waals surface area (Å²) in [5, 5.41) is 0. The van der Waals surface area contributed by atoms with E-state index in [2.05, 4.69) is 0 Å². The Kier molecular flexibility index (Phi) is 4.08. The second-order valence-corrected chi connectivity index (χ2v) is 5.01. The Labute approximate surface area is 119 Å².